The highest BCUT2D eigenvalue weighted by atomic mass is 16.3. The number of furan rings is 1. The van der Waals surface area contributed by atoms with Crippen molar-refractivity contribution in [2.75, 3.05) is 6.54 Å². The smallest absolute Gasteiger partial charge is 0.101 e. The fourth-order valence-electron chi connectivity index (χ4n) is 1.000. The van der Waals surface area contributed by atoms with Crippen LogP contribution in [0.25, 0.3) is 0 Å². The Balaban J connectivity index is 2.27. The molecule has 0 fully saturated rings. The normalized spacial score (nSPS) is 10.4. The Labute approximate surface area is 67.6 Å². The summed E-state index contributed by atoms with van der Waals surface area (Å²) in [6, 6.07) is 2.06. The number of hydrogen-bond donors (Lipinski definition) is 1. The standard InChI is InChI=1S/C9H15NO/c1-3-4-10-6-9-5-8(2)11-7-9/h5,7,10H,3-4,6H2,1-2H3. The van der Waals surface area contributed by atoms with Crippen LogP contribution in [0.3, 0.4) is 0 Å². The van der Waals surface area contributed by atoms with Crippen molar-refractivity contribution in [3.8, 4) is 0 Å². The van der Waals surface area contributed by atoms with Crippen LogP contribution in [0.15, 0.2) is 16.7 Å². The van der Waals surface area contributed by atoms with Crippen LogP contribution in [0.5, 0.6) is 0 Å². The summed E-state index contributed by atoms with van der Waals surface area (Å²) in [5.74, 6) is 0.985. The van der Waals surface area contributed by atoms with Crippen molar-refractivity contribution in [2.24, 2.45) is 0 Å². The largest absolute Gasteiger partial charge is 0.469 e. The molecule has 0 saturated heterocycles. The molecule has 1 aromatic heterocycles. The molecule has 0 aliphatic rings. The Hall–Kier alpha value is -0.760. The highest BCUT2D eigenvalue weighted by molar-refractivity contribution is 5.10. The van der Waals surface area contributed by atoms with Crippen molar-refractivity contribution in [3.05, 3.63) is 23.7 Å². The fourth-order valence-corrected chi connectivity index (χ4v) is 1.000. The summed E-state index contributed by atoms with van der Waals surface area (Å²) in [7, 11) is 0. The van der Waals surface area contributed by atoms with Crippen molar-refractivity contribution in [1.29, 1.82) is 0 Å². The summed E-state index contributed by atoms with van der Waals surface area (Å²) in [6.07, 6.45) is 2.98. The highest BCUT2D eigenvalue weighted by Gasteiger charge is 1.95. The minimum absolute atomic E-state index is 0.922. The van der Waals surface area contributed by atoms with Gasteiger partial charge < -0.3 is 9.73 Å². The van der Waals surface area contributed by atoms with E-state index in [1.165, 1.54) is 12.0 Å². The second kappa shape index (κ2) is 4.19. The number of aryl methyl sites for hydroxylation is 1. The van der Waals surface area contributed by atoms with Gasteiger partial charge >= 0.3 is 0 Å². The fraction of sp³-hybridized carbons (Fsp3) is 0.556. The first-order chi connectivity index (χ1) is 5.33. The summed E-state index contributed by atoms with van der Waals surface area (Å²) >= 11 is 0. The van der Waals surface area contributed by atoms with Gasteiger partial charge in [-0.2, -0.15) is 0 Å². The van der Waals surface area contributed by atoms with Gasteiger partial charge in [0.15, 0.2) is 0 Å². The molecular weight excluding hydrogens is 138 g/mol. The maximum absolute atomic E-state index is 5.16. The van der Waals surface area contributed by atoms with E-state index in [1.54, 1.807) is 6.26 Å². The third kappa shape index (κ3) is 2.76. The average molecular weight is 153 g/mol. The molecule has 0 radical (unpaired) electrons. The van der Waals surface area contributed by atoms with Crippen molar-refractivity contribution >= 4 is 0 Å². The monoisotopic (exact) mass is 153 g/mol. The first kappa shape index (κ1) is 8.34. The predicted octanol–water partition coefficient (Wildman–Crippen LogP) is 2.09. The molecule has 0 atom stereocenters. The Kier molecular flexibility index (Phi) is 3.17. The first-order valence-electron chi connectivity index (χ1n) is 4.07. The predicted molar refractivity (Wildman–Crippen MR) is 45.4 cm³/mol. The van der Waals surface area contributed by atoms with Crippen molar-refractivity contribution in [2.45, 2.75) is 26.8 Å². The van der Waals surface area contributed by atoms with Crippen LogP contribution >= 0.6 is 0 Å². The van der Waals surface area contributed by atoms with Gasteiger partial charge in [0, 0.05) is 12.1 Å². The molecule has 0 bridgehead atoms. The molecule has 1 rings (SSSR count). The van der Waals surface area contributed by atoms with E-state index in [1.807, 2.05) is 6.92 Å². The van der Waals surface area contributed by atoms with Crippen molar-refractivity contribution < 1.29 is 4.42 Å². The lowest BCUT2D eigenvalue weighted by atomic mass is 10.3. The van der Waals surface area contributed by atoms with Gasteiger partial charge in [0.2, 0.25) is 0 Å². The molecule has 2 heteroatoms. The van der Waals surface area contributed by atoms with Gasteiger partial charge in [0.25, 0.3) is 0 Å². The number of rotatable bonds is 4. The average Bonchev–Trinajstić information content (AvgIpc) is 2.37. The van der Waals surface area contributed by atoms with Gasteiger partial charge in [0.1, 0.15) is 5.76 Å². The molecule has 0 aromatic carbocycles. The minimum atomic E-state index is 0.922. The maximum Gasteiger partial charge on any atom is 0.101 e. The Morgan fingerprint density at radius 1 is 1.55 bits per heavy atom. The van der Waals surface area contributed by atoms with Crippen LogP contribution < -0.4 is 5.32 Å². The molecule has 62 valence electrons. The maximum atomic E-state index is 5.16. The van der Waals surface area contributed by atoms with E-state index in [0.29, 0.717) is 0 Å². The summed E-state index contributed by atoms with van der Waals surface area (Å²) < 4.78 is 5.16. The van der Waals surface area contributed by atoms with E-state index in [9.17, 15) is 0 Å². The van der Waals surface area contributed by atoms with E-state index >= 15 is 0 Å². The van der Waals surface area contributed by atoms with Crippen LogP contribution in [0, 0.1) is 6.92 Å². The third-order valence-corrected chi connectivity index (χ3v) is 1.54. The topological polar surface area (TPSA) is 25.2 Å². The SMILES string of the molecule is CCCNCc1coc(C)c1. The molecule has 1 heterocycles. The van der Waals surface area contributed by atoms with E-state index < -0.39 is 0 Å². The zero-order valence-corrected chi connectivity index (χ0v) is 7.18. The Bertz CT molecular complexity index is 205. The first-order valence-corrected chi connectivity index (χ1v) is 4.07. The molecule has 11 heavy (non-hydrogen) atoms. The van der Waals surface area contributed by atoms with Crippen LogP contribution in [-0.4, -0.2) is 6.54 Å². The lowest BCUT2D eigenvalue weighted by Crippen LogP contribution is -2.12. The molecule has 0 aliphatic heterocycles. The van der Waals surface area contributed by atoms with E-state index in [0.717, 1.165) is 18.8 Å². The summed E-state index contributed by atoms with van der Waals surface area (Å²) in [5.41, 5.74) is 1.23. The molecule has 0 amide bonds. The lowest BCUT2D eigenvalue weighted by Gasteiger charge is -1.97. The van der Waals surface area contributed by atoms with Crippen LogP contribution in [0.2, 0.25) is 0 Å². The molecule has 1 aromatic rings. The summed E-state index contributed by atoms with van der Waals surface area (Å²) in [4.78, 5) is 0. The molecule has 0 unspecified atom stereocenters. The zero-order chi connectivity index (χ0) is 8.10. The van der Waals surface area contributed by atoms with Gasteiger partial charge in [0.05, 0.1) is 6.26 Å². The third-order valence-electron chi connectivity index (χ3n) is 1.54. The Morgan fingerprint density at radius 3 is 2.91 bits per heavy atom. The molecule has 0 saturated carbocycles. The van der Waals surface area contributed by atoms with E-state index in [-0.39, 0.29) is 0 Å². The lowest BCUT2D eigenvalue weighted by molar-refractivity contribution is 0.529. The second-order valence-electron chi connectivity index (χ2n) is 2.74. The quantitative estimate of drug-likeness (QED) is 0.670. The molecular formula is C9H15NO. The van der Waals surface area contributed by atoms with Gasteiger partial charge in [-0.05, 0) is 26.0 Å². The van der Waals surface area contributed by atoms with E-state index in [4.69, 9.17) is 4.42 Å². The Morgan fingerprint density at radius 2 is 2.36 bits per heavy atom. The summed E-state index contributed by atoms with van der Waals surface area (Å²) in [6.45, 7) is 6.12. The number of hydrogen-bond acceptors (Lipinski definition) is 2. The van der Waals surface area contributed by atoms with Crippen LogP contribution in [-0.2, 0) is 6.54 Å². The van der Waals surface area contributed by atoms with Crippen molar-refractivity contribution in [3.63, 3.8) is 0 Å². The molecule has 2 nitrogen and oxygen atoms in total. The van der Waals surface area contributed by atoms with Crippen LogP contribution in [0.4, 0.5) is 0 Å². The van der Waals surface area contributed by atoms with Crippen molar-refractivity contribution in [1.82, 2.24) is 5.32 Å². The zero-order valence-electron chi connectivity index (χ0n) is 7.18. The van der Waals surface area contributed by atoms with Gasteiger partial charge in [-0.1, -0.05) is 6.92 Å². The van der Waals surface area contributed by atoms with Crippen LogP contribution in [0.1, 0.15) is 24.7 Å². The summed E-state index contributed by atoms with van der Waals surface area (Å²) in [5, 5.41) is 3.30. The minimum Gasteiger partial charge on any atom is -0.469 e. The van der Waals surface area contributed by atoms with Gasteiger partial charge in [-0.25, -0.2) is 0 Å². The highest BCUT2D eigenvalue weighted by Crippen LogP contribution is 2.04. The molecule has 0 aliphatic carbocycles. The second-order valence-corrected chi connectivity index (χ2v) is 2.74. The molecule has 1 N–H and O–H groups in total. The molecule has 0 spiro atoms. The van der Waals surface area contributed by atoms with Gasteiger partial charge in [-0.15, -0.1) is 0 Å². The van der Waals surface area contributed by atoms with Gasteiger partial charge in [-0.3, -0.25) is 0 Å². The van der Waals surface area contributed by atoms with E-state index in [2.05, 4.69) is 18.3 Å². The number of nitrogens with one attached hydrogen (secondary N) is 1.